The molecule has 1 fully saturated rings. The van der Waals surface area contributed by atoms with Crippen molar-refractivity contribution in [2.75, 3.05) is 24.6 Å². The predicted octanol–water partition coefficient (Wildman–Crippen LogP) is 4.08. The lowest BCUT2D eigenvalue weighted by molar-refractivity contribution is 0.0393. The second-order valence-electron chi connectivity index (χ2n) is 4.66. The number of hydrogen-bond acceptors (Lipinski definition) is 3. The lowest BCUT2D eigenvalue weighted by atomic mass is 10.1. The number of pyridine rings is 1. The summed E-state index contributed by atoms with van der Waals surface area (Å²) in [7, 11) is 0. The second kappa shape index (κ2) is 6.12. The average Bonchev–Trinajstić information content (AvgIpc) is 2.48. The number of halogens is 2. The minimum atomic E-state index is 0.0614. The minimum absolute atomic E-state index is 0.0614. The first-order valence-electron chi connectivity index (χ1n) is 6.46. The average molecular weight is 354 g/mol. The van der Waals surface area contributed by atoms with Crippen LogP contribution < -0.4 is 4.90 Å². The maximum Gasteiger partial charge on any atom is 0.131 e. The topological polar surface area (TPSA) is 25.4 Å². The monoisotopic (exact) mass is 352 g/mol. The standard InChI is InChI=1S/C15H14BrClN2O/c16-13-4-2-1-3-12(13)14-10-19(7-8-20-14)11-5-6-18-15(17)9-11/h1-6,9,14H,7-8,10H2. The lowest BCUT2D eigenvalue weighted by Gasteiger charge is -2.35. The van der Waals surface area contributed by atoms with Gasteiger partial charge in [-0.1, -0.05) is 45.7 Å². The molecule has 0 N–H and O–H groups in total. The van der Waals surface area contributed by atoms with Crippen molar-refractivity contribution in [2.24, 2.45) is 0 Å². The molecule has 1 aromatic heterocycles. The van der Waals surface area contributed by atoms with E-state index < -0.39 is 0 Å². The Morgan fingerprint density at radius 2 is 2.15 bits per heavy atom. The number of anilines is 1. The first-order valence-corrected chi connectivity index (χ1v) is 7.63. The van der Waals surface area contributed by atoms with Crippen LogP contribution in [-0.2, 0) is 4.74 Å². The molecule has 0 saturated carbocycles. The Morgan fingerprint density at radius 3 is 2.95 bits per heavy atom. The third-order valence-corrected chi connectivity index (χ3v) is 4.32. The van der Waals surface area contributed by atoms with E-state index in [9.17, 15) is 0 Å². The van der Waals surface area contributed by atoms with Crippen LogP contribution in [0.1, 0.15) is 11.7 Å². The number of benzene rings is 1. The fourth-order valence-corrected chi connectivity index (χ4v) is 3.11. The number of hydrogen-bond donors (Lipinski definition) is 0. The molecule has 3 rings (SSSR count). The molecule has 0 spiro atoms. The van der Waals surface area contributed by atoms with Crippen LogP contribution in [0.3, 0.4) is 0 Å². The minimum Gasteiger partial charge on any atom is -0.370 e. The van der Waals surface area contributed by atoms with Crippen molar-refractivity contribution in [2.45, 2.75) is 6.10 Å². The van der Waals surface area contributed by atoms with Crippen molar-refractivity contribution in [3.05, 3.63) is 57.8 Å². The molecule has 104 valence electrons. The van der Waals surface area contributed by atoms with Crippen LogP contribution in [0.2, 0.25) is 5.15 Å². The van der Waals surface area contributed by atoms with Crippen molar-refractivity contribution in [3.8, 4) is 0 Å². The Morgan fingerprint density at radius 1 is 1.30 bits per heavy atom. The smallest absolute Gasteiger partial charge is 0.131 e. The summed E-state index contributed by atoms with van der Waals surface area (Å²) in [6, 6.07) is 12.1. The van der Waals surface area contributed by atoms with Crippen molar-refractivity contribution in [1.82, 2.24) is 4.98 Å². The highest BCUT2D eigenvalue weighted by molar-refractivity contribution is 9.10. The van der Waals surface area contributed by atoms with E-state index in [1.807, 2.05) is 30.3 Å². The van der Waals surface area contributed by atoms with Gasteiger partial charge in [0.05, 0.1) is 6.61 Å². The van der Waals surface area contributed by atoms with E-state index in [1.165, 1.54) is 5.56 Å². The van der Waals surface area contributed by atoms with Gasteiger partial charge >= 0.3 is 0 Å². The van der Waals surface area contributed by atoms with E-state index >= 15 is 0 Å². The highest BCUT2D eigenvalue weighted by Gasteiger charge is 2.23. The first-order chi connectivity index (χ1) is 9.74. The van der Waals surface area contributed by atoms with E-state index in [4.69, 9.17) is 16.3 Å². The summed E-state index contributed by atoms with van der Waals surface area (Å²) in [4.78, 5) is 6.30. The van der Waals surface area contributed by atoms with Gasteiger partial charge in [0.15, 0.2) is 0 Å². The summed E-state index contributed by atoms with van der Waals surface area (Å²) in [5.74, 6) is 0. The normalized spacial score (nSPS) is 19.1. The molecule has 0 aliphatic carbocycles. The van der Waals surface area contributed by atoms with E-state index in [-0.39, 0.29) is 6.10 Å². The molecule has 3 nitrogen and oxygen atoms in total. The number of aromatic nitrogens is 1. The number of rotatable bonds is 2. The summed E-state index contributed by atoms with van der Waals surface area (Å²) in [6.07, 6.45) is 1.80. The highest BCUT2D eigenvalue weighted by Crippen LogP contribution is 2.30. The van der Waals surface area contributed by atoms with Gasteiger partial charge in [-0.3, -0.25) is 0 Å². The molecule has 5 heteroatoms. The Hall–Kier alpha value is -1.10. The third-order valence-electron chi connectivity index (χ3n) is 3.39. The molecule has 0 bridgehead atoms. The van der Waals surface area contributed by atoms with E-state index in [1.54, 1.807) is 6.20 Å². The summed E-state index contributed by atoms with van der Waals surface area (Å²) in [5, 5.41) is 0.520. The molecule has 0 radical (unpaired) electrons. The summed E-state index contributed by atoms with van der Waals surface area (Å²) >= 11 is 9.56. The fourth-order valence-electron chi connectivity index (χ4n) is 2.40. The predicted molar refractivity (Wildman–Crippen MR) is 84.3 cm³/mol. The molecule has 0 amide bonds. The quantitative estimate of drug-likeness (QED) is 0.761. The maximum absolute atomic E-state index is 5.97. The van der Waals surface area contributed by atoms with E-state index in [2.05, 4.69) is 31.9 Å². The fraction of sp³-hybridized carbons (Fsp3) is 0.267. The first kappa shape index (κ1) is 13.9. The van der Waals surface area contributed by atoms with Crippen molar-refractivity contribution in [1.29, 1.82) is 0 Å². The molecule has 1 aliphatic heterocycles. The molecular formula is C15H14BrClN2O. The van der Waals surface area contributed by atoms with Gasteiger partial charge in [-0.15, -0.1) is 0 Å². The van der Waals surface area contributed by atoms with Crippen LogP contribution in [-0.4, -0.2) is 24.7 Å². The molecular weight excluding hydrogens is 340 g/mol. The molecule has 1 unspecified atom stereocenters. The summed E-state index contributed by atoms with van der Waals surface area (Å²) in [6.45, 7) is 2.37. The van der Waals surface area contributed by atoms with Crippen LogP contribution in [0.25, 0.3) is 0 Å². The second-order valence-corrected chi connectivity index (χ2v) is 5.91. The van der Waals surface area contributed by atoms with Gasteiger partial charge in [-0.05, 0) is 23.8 Å². The number of nitrogens with zero attached hydrogens (tertiary/aromatic N) is 2. The Labute approximate surface area is 131 Å². The van der Waals surface area contributed by atoms with Gasteiger partial charge < -0.3 is 9.64 Å². The van der Waals surface area contributed by atoms with Gasteiger partial charge in [0.2, 0.25) is 0 Å². The summed E-state index contributed by atoms with van der Waals surface area (Å²) < 4.78 is 6.99. The van der Waals surface area contributed by atoms with Crippen LogP contribution in [0, 0.1) is 0 Å². The highest BCUT2D eigenvalue weighted by atomic mass is 79.9. The molecule has 2 heterocycles. The SMILES string of the molecule is Clc1cc(N2CCOC(c3ccccc3Br)C2)ccn1. The van der Waals surface area contributed by atoms with Gasteiger partial charge in [0.25, 0.3) is 0 Å². The van der Waals surface area contributed by atoms with Gasteiger partial charge in [-0.25, -0.2) is 4.98 Å². The molecule has 1 atom stereocenters. The molecule has 2 aromatic rings. The van der Waals surface area contributed by atoms with Crippen LogP contribution in [0.4, 0.5) is 5.69 Å². The van der Waals surface area contributed by atoms with Crippen molar-refractivity contribution in [3.63, 3.8) is 0 Å². The Kier molecular flexibility index (Phi) is 4.24. The van der Waals surface area contributed by atoms with Crippen LogP contribution in [0.15, 0.2) is 47.1 Å². The largest absolute Gasteiger partial charge is 0.370 e. The van der Waals surface area contributed by atoms with Crippen LogP contribution in [0.5, 0.6) is 0 Å². The van der Waals surface area contributed by atoms with Crippen LogP contribution >= 0.6 is 27.5 Å². The molecule has 20 heavy (non-hydrogen) atoms. The van der Waals surface area contributed by atoms with Crippen molar-refractivity contribution >= 4 is 33.2 Å². The molecule has 1 aromatic carbocycles. The third kappa shape index (κ3) is 2.97. The van der Waals surface area contributed by atoms with Gasteiger partial charge in [-0.2, -0.15) is 0 Å². The maximum atomic E-state index is 5.97. The molecule has 1 saturated heterocycles. The molecule has 1 aliphatic rings. The van der Waals surface area contributed by atoms with Gasteiger partial charge in [0, 0.05) is 29.4 Å². The lowest BCUT2D eigenvalue weighted by Crippen LogP contribution is -2.38. The zero-order chi connectivity index (χ0) is 13.9. The van der Waals surface area contributed by atoms with Crippen molar-refractivity contribution < 1.29 is 4.74 Å². The zero-order valence-electron chi connectivity index (χ0n) is 10.8. The Balaban J connectivity index is 1.82. The van der Waals surface area contributed by atoms with E-state index in [0.717, 1.165) is 23.2 Å². The van der Waals surface area contributed by atoms with Gasteiger partial charge in [0.1, 0.15) is 11.3 Å². The van der Waals surface area contributed by atoms with E-state index in [0.29, 0.717) is 11.8 Å². The number of morpholine rings is 1. The zero-order valence-corrected chi connectivity index (χ0v) is 13.1. The Bertz CT molecular complexity index is 608. The number of ether oxygens (including phenoxy) is 1. The summed E-state index contributed by atoms with van der Waals surface area (Å²) in [5.41, 5.74) is 2.27.